The Morgan fingerprint density at radius 1 is 1.29 bits per heavy atom. The second-order valence-corrected chi connectivity index (χ2v) is 3.99. The van der Waals surface area contributed by atoms with Gasteiger partial charge in [-0.05, 0) is 24.6 Å². The largest absolute Gasteiger partial charge is 0.497 e. The van der Waals surface area contributed by atoms with Gasteiger partial charge in [-0.1, -0.05) is 13.3 Å². The molecule has 0 radical (unpaired) electrons. The molecule has 2 atom stereocenters. The van der Waals surface area contributed by atoms with Crippen molar-refractivity contribution in [1.29, 1.82) is 0 Å². The lowest BCUT2D eigenvalue weighted by molar-refractivity contribution is 0.133. The summed E-state index contributed by atoms with van der Waals surface area (Å²) in [6, 6.07) is 4.95. The van der Waals surface area contributed by atoms with E-state index in [0.717, 1.165) is 12.0 Å². The maximum atomic E-state index is 9.93. The van der Waals surface area contributed by atoms with E-state index < -0.39 is 12.1 Å². The van der Waals surface area contributed by atoms with Crippen LogP contribution < -0.4 is 15.2 Å². The first kappa shape index (κ1) is 13.8. The topological polar surface area (TPSA) is 64.7 Å². The molecule has 0 aromatic heterocycles. The Balaban J connectivity index is 3.00. The Kier molecular flexibility index (Phi) is 5.25. The van der Waals surface area contributed by atoms with Crippen LogP contribution in [-0.4, -0.2) is 25.4 Å². The first-order valence-electron chi connectivity index (χ1n) is 5.79. The van der Waals surface area contributed by atoms with Gasteiger partial charge in [0, 0.05) is 5.56 Å². The van der Waals surface area contributed by atoms with Crippen LogP contribution in [0.25, 0.3) is 0 Å². The van der Waals surface area contributed by atoms with Crippen molar-refractivity contribution in [3.8, 4) is 11.5 Å². The van der Waals surface area contributed by atoms with E-state index in [2.05, 4.69) is 0 Å². The Morgan fingerprint density at radius 2 is 2.00 bits per heavy atom. The highest BCUT2D eigenvalue weighted by Crippen LogP contribution is 2.30. The van der Waals surface area contributed by atoms with Gasteiger partial charge in [-0.3, -0.25) is 0 Å². The van der Waals surface area contributed by atoms with Gasteiger partial charge >= 0.3 is 0 Å². The van der Waals surface area contributed by atoms with Gasteiger partial charge in [-0.25, -0.2) is 0 Å². The second kappa shape index (κ2) is 6.47. The number of aliphatic hydroxyl groups excluding tert-OH is 1. The highest BCUT2D eigenvalue weighted by Gasteiger charge is 2.20. The summed E-state index contributed by atoms with van der Waals surface area (Å²) in [5.74, 6) is 1.38. The van der Waals surface area contributed by atoms with E-state index in [4.69, 9.17) is 15.2 Å². The lowest BCUT2D eigenvalue weighted by Gasteiger charge is -2.21. The molecule has 1 rings (SSSR count). The zero-order chi connectivity index (χ0) is 12.8. The molecule has 1 aromatic carbocycles. The quantitative estimate of drug-likeness (QED) is 0.795. The summed E-state index contributed by atoms with van der Waals surface area (Å²) in [7, 11) is 3.18. The second-order valence-electron chi connectivity index (χ2n) is 3.99. The molecule has 4 heteroatoms. The van der Waals surface area contributed by atoms with Gasteiger partial charge in [0.05, 0.1) is 26.4 Å². The van der Waals surface area contributed by atoms with Crippen LogP contribution in [0.2, 0.25) is 0 Å². The molecule has 0 fully saturated rings. The third-order valence-corrected chi connectivity index (χ3v) is 2.79. The predicted molar refractivity (Wildman–Crippen MR) is 67.4 cm³/mol. The first-order valence-corrected chi connectivity index (χ1v) is 5.79. The van der Waals surface area contributed by atoms with Gasteiger partial charge in [-0.2, -0.15) is 0 Å². The molecule has 3 N–H and O–H groups in total. The summed E-state index contributed by atoms with van der Waals surface area (Å²) < 4.78 is 10.4. The van der Waals surface area contributed by atoms with Crippen LogP contribution >= 0.6 is 0 Å². The van der Waals surface area contributed by atoms with E-state index in [-0.39, 0.29) is 0 Å². The molecule has 0 saturated heterocycles. The zero-order valence-corrected chi connectivity index (χ0v) is 10.6. The molecule has 17 heavy (non-hydrogen) atoms. The van der Waals surface area contributed by atoms with Gasteiger partial charge in [0.1, 0.15) is 11.5 Å². The van der Waals surface area contributed by atoms with Crippen molar-refractivity contribution in [3.05, 3.63) is 23.8 Å². The fourth-order valence-corrected chi connectivity index (χ4v) is 1.78. The molecule has 0 aliphatic heterocycles. The number of hydrogen-bond acceptors (Lipinski definition) is 4. The standard InChI is InChI=1S/C13H21NO3/c1-4-5-11(15)13(14)10-8-9(16-2)6-7-12(10)17-3/h6-8,11,13,15H,4-5,14H2,1-3H3/t11-,13+/m0/s1. The average Bonchev–Trinajstić information content (AvgIpc) is 2.37. The Bertz CT molecular complexity index is 355. The van der Waals surface area contributed by atoms with Crippen LogP contribution in [0.15, 0.2) is 18.2 Å². The van der Waals surface area contributed by atoms with Crippen molar-refractivity contribution >= 4 is 0 Å². The maximum Gasteiger partial charge on any atom is 0.123 e. The van der Waals surface area contributed by atoms with E-state index in [1.807, 2.05) is 13.0 Å². The number of aliphatic hydroxyl groups is 1. The minimum atomic E-state index is -0.569. The highest BCUT2D eigenvalue weighted by molar-refractivity contribution is 5.42. The first-order chi connectivity index (χ1) is 8.13. The van der Waals surface area contributed by atoms with Crippen LogP contribution in [-0.2, 0) is 0 Å². The van der Waals surface area contributed by atoms with Crippen LogP contribution in [0.4, 0.5) is 0 Å². The molecular formula is C13H21NO3. The molecule has 0 aliphatic carbocycles. The molecule has 0 saturated carbocycles. The van der Waals surface area contributed by atoms with Gasteiger partial charge in [-0.15, -0.1) is 0 Å². The van der Waals surface area contributed by atoms with E-state index in [9.17, 15) is 5.11 Å². The number of hydrogen-bond donors (Lipinski definition) is 2. The van der Waals surface area contributed by atoms with E-state index in [0.29, 0.717) is 17.9 Å². The number of methoxy groups -OCH3 is 2. The summed E-state index contributed by atoms with van der Waals surface area (Å²) in [5.41, 5.74) is 6.81. The SMILES string of the molecule is CCC[C@H](O)[C@H](N)c1cc(OC)ccc1OC. The van der Waals surface area contributed by atoms with Gasteiger partial charge < -0.3 is 20.3 Å². The molecule has 0 spiro atoms. The Morgan fingerprint density at radius 3 is 2.53 bits per heavy atom. The molecule has 0 aliphatic rings. The molecule has 0 bridgehead atoms. The Hall–Kier alpha value is -1.26. The van der Waals surface area contributed by atoms with Crippen molar-refractivity contribution < 1.29 is 14.6 Å². The van der Waals surface area contributed by atoms with Crippen LogP contribution in [0.1, 0.15) is 31.4 Å². The minimum absolute atomic E-state index is 0.458. The molecular weight excluding hydrogens is 218 g/mol. The third-order valence-electron chi connectivity index (χ3n) is 2.79. The molecule has 96 valence electrons. The summed E-state index contributed by atoms with van der Waals surface area (Å²) >= 11 is 0. The van der Waals surface area contributed by atoms with Gasteiger partial charge in [0.15, 0.2) is 0 Å². The summed E-state index contributed by atoms with van der Waals surface area (Å²) in [6.45, 7) is 2.01. The van der Waals surface area contributed by atoms with Crippen molar-refractivity contribution in [2.75, 3.05) is 14.2 Å². The predicted octanol–water partition coefficient (Wildman–Crippen LogP) is 1.86. The fraction of sp³-hybridized carbons (Fsp3) is 0.538. The lowest BCUT2D eigenvalue weighted by Crippen LogP contribution is -2.26. The maximum absolute atomic E-state index is 9.93. The van der Waals surface area contributed by atoms with Crippen LogP contribution in [0, 0.1) is 0 Å². The molecule has 1 aromatic rings. The fourth-order valence-electron chi connectivity index (χ4n) is 1.78. The lowest BCUT2D eigenvalue weighted by atomic mass is 9.98. The van der Waals surface area contributed by atoms with E-state index in [1.54, 1.807) is 26.4 Å². The summed E-state index contributed by atoms with van der Waals surface area (Å²) in [4.78, 5) is 0. The summed E-state index contributed by atoms with van der Waals surface area (Å²) in [6.07, 6.45) is 0.990. The highest BCUT2D eigenvalue weighted by atomic mass is 16.5. The summed E-state index contributed by atoms with van der Waals surface area (Å²) in [5, 5.41) is 9.93. The van der Waals surface area contributed by atoms with Gasteiger partial charge in [0.25, 0.3) is 0 Å². The van der Waals surface area contributed by atoms with Crippen LogP contribution in [0.5, 0.6) is 11.5 Å². The third kappa shape index (κ3) is 3.35. The Labute approximate surface area is 102 Å². The van der Waals surface area contributed by atoms with E-state index in [1.165, 1.54) is 0 Å². The molecule has 4 nitrogen and oxygen atoms in total. The average molecular weight is 239 g/mol. The van der Waals surface area contributed by atoms with E-state index >= 15 is 0 Å². The monoisotopic (exact) mass is 239 g/mol. The van der Waals surface area contributed by atoms with Crippen LogP contribution in [0.3, 0.4) is 0 Å². The van der Waals surface area contributed by atoms with Crippen molar-refractivity contribution in [3.63, 3.8) is 0 Å². The normalized spacial score (nSPS) is 14.2. The molecule has 0 amide bonds. The number of rotatable bonds is 6. The number of ether oxygens (including phenoxy) is 2. The van der Waals surface area contributed by atoms with Crippen molar-refractivity contribution in [1.82, 2.24) is 0 Å². The molecule has 0 heterocycles. The smallest absolute Gasteiger partial charge is 0.123 e. The number of benzene rings is 1. The minimum Gasteiger partial charge on any atom is -0.497 e. The zero-order valence-electron chi connectivity index (χ0n) is 10.6. The van der Waals surface area contributed by atoms with Gasteiger partial charge in [0.2, 0.25) is 0 Å². The number of nitrogens with two attached hydrogens (primary N) is 1. The molecule has 0 unspecified atom stereocenters. The van der Waals surface area contributed by atoms with Crippen molar-refractivity contribution in [2.45, 2.75) is 31.9 Å². The van der Waals surface area contributed by atoms with Crippen molar-refractivity contribution in [2.24, 2.45) is 5.73 Å².